The maximum Gasteiger partial charge on any atom is 0.150 e. The molecule has 1 saturated heterocycles. The summed E-state index contributed by atoms with van der Waals surface area (Å²) in [5.74, 6) is 7.57. The van der Waals surface area contributed by atoms with E-state index in [1.54, 1.807) is 0 Å². The van der Waals surface area contributed by atoms with E-state index in [4.69, 9.17) is 5.84 Å². The van der Waals surface area contributed by atoms with Gasteiger partial charge in [-0.2, -0.15) is 0 Å². The van der Waals surface area contributed by atoms with Crippen LogP contribution in [0.25, 0.3) is 0 Å². The zero-order valence-corrected chi connectivity index (χ0v) is 12.6. The Balaban J connectivity index is 1.71. The van der Waals surface area contributed by atoms with Crippen LogP contribution >= 0.6 is 0 Å². The van der Waals surface area contributed by atoms with E-state index in [0.717, 1.165) is 25.2 Å². The number of nitrogens with one attached hydrogen (secondary N) is 1. The van der Waals surface area contributed by atoms with E-state index in [1.807, 2.05) is 0 Å². The number of hydrogen-bond donors (Lipinski definition) is 2. The molecule has 2 aliphatic rings. The molecule has 5 heteroatoms. The second-order valence-corrected chi connectivity index (χ2v) is 8.68. The van der Waals surface area contributed by atoms with Gasteiger partial charge in [0, 0.05) is 6.04 Å². The average molecular weight is 288 g/mol. The molecule has 0 spiro atoms. The highest BCUT2D eigenvalue weighted by atomic mass is 32.2. The van der Waals surface area contributed by atoms with Crippen LogP contribution in [0.4, 0.5) is 0 Å². The number of nitrogens with two attached hydrogens (primary N) is 1. The first kappa shape index (κ1) is 15.3. The molecule has 0 aromatic rings. The molecule has 1 aliphatic carbocycles. The lowest BCUT2D eigenvalue weighted by molar-refractivity contribution is 0.298. The second-order valence-electron chi connectivity index (χ2n) is 6.45. The molecule has 1 saturated carbocycles. The molecule has 2 atom stereocenters. The molecule has 4 nitrogen and oxygen atoms in total. The zero-order chi connectivity index (χ0) is 13.7. The van der Waals surface area contributed by atoms with Crippen molar-refractivity contribution in [2.75, 3.05) is 11.5 Å². The highest BCUT2D eigenvalue weighted by Gasteiger charge is 2.29. The van der Waals surface area contributed by atoms with Crippen LogP contribution in [-0.2, 0) is 9.84 Å². The lowest BCUT2D eigenvalue weighted by atomic mass is 9.84. The predicted molar refractivity (Wildman–Crippen MR) is 78.3 cm³/mol. The van der Waals surface area contributed by atoms with Crippen LogP contribution in [0.3, 0.4) is 0 Å². The van der Waals surface area contributed by atoms with Gasteiger partial charge < -0.3 is 0 Å². The minimum absolute atomic E-state index is 0.292. The third-order valence-corrected chi connectivity index (χ3v) is 6.67. The molecule has 2 fully saturated rings. The fourth-order valence-corrected chi connectivity index (χ4v) is 5.52. The van der Waals surface area contributed by atoms with E-state index in [9.17, 15) is 8.42 Å². The van der Waals surface area contributed by atoms with Crippen LogP contribution in [0.1, 0.15) is 57.8 Å². The molecule has 2 unspecified atom stereocenters. The van der Waals surface area contributed by atoms with Gasteiger partial charge in [0.25, 0.3) is 0 Å². The summed E-state index contributed by atoms with van der Waals surface area (Å²) in [6.45, 7) is 0. The van der Waals surface area contributed by atoms with E-state index >= 15 is 0 Å². The Kier molecular flexibility index (Phi) is 5.66. The number of sulfone groups is 1. The lowest BCUT2D eigenvalue weighted by Gasteiger charge is -2.25. The van der Waals surface area contributed by atoms with Gasteiger partial charge in [-0.15, -0.1) is 0 Å². The normalized spacial score (nSPS) is 29.4. The van der Waals surface area contributed by atoms with Crippen molar-refractivity contribution in [3.63, 3.8) is 0 Å². The monoisotopic (exact) mass is 288 g/mol. The first-order valence-electron chi connectivity index (χ1n) is 7.75. The van der Waals surface area contributed by atoms with Crippen LogP contribution in [0, 0.1) is 11.8 Å². The highest BCUT2D eigenvalue weighted by Crippen LogP contribution is 2.29. The van der Waals surface area contributed by atoms with Crippen molar-refractivity contribution in [2.24, 2.45) is 17.7 Å². The Morgan fingerprint density at radius 2 is 1.84 bits per heavy atom. The van der Waals surface area contributed by atoms with Crippen LogP contribution in [-0.4, -0.2) is 26.0 Å². The van der Waals surface area contributed by atoms with Crippen molar-refractivity contribution in [1.29, 1.82) is 0 Å². The molecule has 2 rings (SSSR count). The van der Waals surface area contributed by atoms with Gasteiger partial charge in [0.15, 0.2) is 9.84 Å². The quantitative estimate of drug-likeness (QED) is 0.579. The minimum atomic E-state index is -2.75. The average Bonchev–Trinajstić information content (AvgIpc) is 2.75. The Labute approximate surface area is 117 Å². The molecule has 0 radical (unpaired) electrons. The number of hydrazine groups is 1. The standard InChI is InChI=1S/C14H28N2O2S/c15-16-14(7-6-12-4-2-1-3-5-12)10-13-8-9-19(17,18)11-13/h12-14,16H,1-11,15H2. The minimum Gasteiger partial charge on any atom is -0.271 e. The van der Waals surface area contributed by atoms with Crippen molar-refractivity contribution in [2.45, 2.75) is 63.8 Å². The first-order valence-corrected chi connectivity index (χ1v) is 9.58. The fourth-order valence-electron chi connectivity index (χ4n) is 3.64. The first-order chi connectivity index (χ1) is 9.09. The van der Waals surface area contributed by atoms with Crippen LogP contribution in [0.2, 0.25) is 0 Å². The molecular formula is C14H28N2O2S. The second kappa shape index (κ2) is 7.04. The van der Waals surface area contributed by atoms with Gasteiger partial charge in [0.05, 0.1) is 11.5 Å². The van der Waals surface area contributed by atoms with Crippen molar-refractivity contribution in [1.82, 2.24) is 5.43 Å². The third kappa shape index (κ3) is 5.04. The van der Waals surface area contributed by atoms with E-state index in [2.05, 4.69) is 5.43 Å². The molecule has 19 heavy (non-hydrogen) atoms. The summed E-state index contributed by atoms with van der Waals surface area (Å²) in [6.07, 6.45) is 11.0. The Bertz CT molecular complexity index is 364. The topological polar surface area (TPSA) is 72.2 Å². The molecule has 0 aromatic heterocycles. The van der Waals surface area contributed by atoms with E-state index in [0.29, 0.717) is 23.5 Å². The molecule has 1 heterocycles. The lowest BCUT2D eigenvalue weighted by Crippen LogP contribution is -2.37. The van der Waals surface area contributed by atoms with Crippen LogP contribution in [0.15, 0.2) is 0 Å². The molecule has 1 aliphatic heterocycles. The maximum absolute atomic E-state index is 11.5. The maximum atomic E-state index is 11.5. The molecular weight excluding hydrogens is 260 g/mol. The summed E-state index contributed by atoms with van der Waals surface area (Å²) >= 11 is 0. The van der Waals surface area contributed by atoms with Gasteiger partial charge >= 0.3 is 0 Å². The number of hydrogen-bond acceptors (Lipinski definition) is 4. The smallest absolute Gasteiger partial charge is 0.150 e. The summed E-state index contributed by atoms with van der Waals surface area (Å²) in [6, 6.07) is 0.292. The van der Waals surface area contributed by atoms with Gasteiger partial charge in [-0.25, -0.2) is 8.42 Å². The molecule has 112 valence electrons. The fraction of sp³-hybridized carbons (Fsp3) is 1.00. The van der Waals surface area contributed by atoms with E-state index in [1.165, 1.54) is 38.5 Å². The van der Waals surface area contributed by atoms with E-state index < -0.39 is 9.84 Å². The van der Waals surface area contributed by atoms with Crippen LogP contribution < -0.4 is 11.3 Å². The third-order valence-electron chi connectivity index (χ3n) is 4.83. The SMILES string of the molecule is NNC(CCC1CCCCC1)CC1CCS(=O)(=O)C1. The Hall–Kier alpha value is -0.130. The molecule has 0 bridgehead atoms. The van der Waals surface area contributed by atoms with Crippen molar-refractivity contribution < 1.29 is 8.42 Å². The molecule has 0 amide bonds. The predicted octanol–water partition coefficient (Wildman–Crippen LogP) is 2.00. The van der Waals surface area contributed by atoms with Gasteiger partial charge in [0.1, 0.15) is 0 Å². The largest absolute Gasteiger partial charge is 0.271 e. The number of rotatable bonds is 6. The van der Waals surface area contributed by atoms with Gasteiger partial charge in [-0.1, -0.05) is 32.1 Å². The van der Waals surface area contributed by atoms with Gasteiger partial charge in [-0.3, -0.25) is 11.3 Å². The van der Waals surface area contributed by atoms with Crippen molar-refractivity contribution in [3.05, 3.63) is 0 Å². The molecule has 3 N–H and O–H groups in total. The van der Waals surface area contributed by atoms with E-state index in [-0.39, 0.29) is 0 Å². The van der Waals surface area contributed by atoms with Crippen molar-refractivity contribution in [3.8, 4) is 0 Å². The van der Waals surface area contributed by atoms with Gasteiger partial charge in [0.2, 0.25) is 0 Å². The summed E-state index contributed by atoms with van der Waals surface area (Å²) in [5, 5.41) is 0. The summed E-state index contributed by atoms with van der Waals surface area (Å²) in [4.78, 5) is 0. The highest BCUT2D eigenvalue weighted by molar-refractivity contribution is 7.91. The molecule has 0 aromatic carbocycles. The Morgan fingerprint density at radius 3 is 2.42 bits per heavy atom. The zero-order valence-electron chi connectivity index (χ0n) is 11.8. The van der Waals surface area contributed by atoms with Crippen molar-refractivity contribution >= 4 is 9.84 Å². The Morgan fingerprint density at radius 1 is 1.11 bits per heavy atom. The summed E-state index contributed by atoms with van der Waals surface area (Å²) in [7, 11) is -2.75. The van der Waals surface area contributed by atoms with Gasteiger partial charge in [-0.05, 0) is 37.5 Å². The summed E-state index contributed by atoms with van der Waals surface area (Å²) in [5.41, 5.74) is 2.90. The van der Waals surface area contributed by atoms with Crippen LogP contribution in [0.5, 0.6) is 0 Å². The summed E-state index contributed by atoms with van der Waals surface area (Å²) < 4.78 is 22.9.